The average Bonchev–Trinajstić information content (AvgIpc) is 2.76. The third-order valence-electron chi connectivity index (χ3n) is 3.16. The van der Waals surface area contributed by atoms with Crippen molar-refractivity contribution in [3.05, 3.63) is 18.0 Å². The van der Waals surface area contributed by atoms with E-state index in [0.717, 1.165) is 38.0 Å². The van der Waals surface area contributed by atoms with Gasteiger partial charge in [-0.1, -0.05) is 0 Å². The predicted molar refractivity (Wildman–Crippen MR) is 65.5 cm³/mol. The average molecular weight is 236 g/mol. The van der Waals surface area contributed by atoms with Gasteiger partial charge in [-0.05, 0) is 32.0 Å². The van der Waals surface area contributed by atoms with Gasteiger partial charge in [0.25, 0.3) is 0 Å². The van der Waals surface area contributed by atoms with Crippen LogP contribution >= 0.6 is 0 Å². The normalized spacial score (nSPS) is 17.0. The predicted octanol–water partition coefficient (Wildman–Crippen LogP) is 0.0784. The molecule has 1 amide bonds. The molecule has 0 bridgehead atoms. The van der Waals surface area contributed by atoms with Crippen LogP contribution in [0.3, 0.4) is 0 Å². The third kappa shape index (κ3) is 3.56. The van der Waals surface area contributed by atoms with Crippen LogP contribution in [-0.2, 0) is 18.3 Å². The molecule has 2 N–H and O–H groups in total. The lowest BCUT2D eigenvalue weighted by Crippen LogP contribution is -2.38. The van der Waals surface area contributed by atoms with Crippen LogP contribution in [0.1, 0.15) is 18.5 Å². The minimum atomic E-state index is 0.194. The van der Waals surface area contributed by atoms with Crippen molar-refractivity contribution >= 4 is 5.91 Å². The molecule has 1 fully saturated rings. The standard InChI is InChI=1S/C12H20N4O/c1-16-9-5-11(15-16)4-8-14-12(17)10-2-6-13-7-3-10/h5,9-10,13H,2-4,6-8H2,1H3,(H,14,17). The van der Waals surface area contributed by atoms with E-state index in [9.17, 15) is 4.79 Å². The summed E-state index contributed by atoms with van der Waals surface area (Å²) >= 11 is 0. The maximum Gasteiger partial charge on any atom is 0.223 e. The van der Waals surface area contributed by atoms with Gasteiger partial charge < -0.3 is 10.6 Å². The van der Waals surface area contributed by atoms with Crippen molar-refractivity contribution in [3.63, 3.8) is 0 Å². The summed E-state index contributed by atoms with van der Waals surface area (Å²) < 4.78 is 1.78. The topological polar surface area (TPSA) is 59.0 Å². The number of aromatic nitrogens is 2. The second kappa shape index (κ2) is 5.82. The molecule has 0 spiro atoms. The number of amides is 1. The second-order valence-corrected chi connectivity index (χ2v) is 4.55. The molecule has 1 saturated heterocycles. The molecular weight excluding hydrogens is 216 g/mol. The van der Waals surface area contributed by atoms with E-state index in [1.54, 1.807) is 4.68 Å². The van der Waals surface area contributed by atoms with Crippen molar-refractivity contribution in [2.45, 2.75) is 19.3 Å². The van der Waals surface area contributed by atoms with Gasteiger partial charge in [0.05, 0.1) is 5.69 Å². The molecule has 1 aromatic heterocycles. The Labute approximate surface area is 102 Å². The van der Waals surface area contributed by atoms with E-state index in [4.69, 9.17) is 0 Å². The van der Waals surface area contributed by atoms with E-state index >= 15 is 0 Å². The molecular formula is C12H20N4O. The number of hydrogen-bond acceptors (Lipinski definition) is 3. The Balaban J connectivity index is 1.69. The molecule has 94 valence electrons. The first kappa shape index (κ1) is 12.1. The zero-order chi connectivity index (χ0) is 12.1. The summed E-state index contributed by atoms with van der Waals surface area (Å²) in [5.41, 5.74) is 1.03. The van der Waals surface area contributed by atoms with E-state index in [2.05, 4.69) is 15.7 Å². The molecule has 2 heterocycles. The Bertz CT molecular complexity index is 368. The van der Waals surface area contributed by atoms with Crippen molar-refractivity contribution < 1.29 is 4.79 Å². The van der Waals surface area contributed by atoms with Crippen molar-refractivity contribution in [2.75, 3.05) is 19.6 Å². The van der Waals surface area contributed by atoms with Gasteiger partial charge in [0.1, 0.15) is 0 Å². The smallest absolute Gasteiger partial charge is 0.223 e. The highest BCUT2D eigenvalue weighted by Crippen LogP contribution is 2.11. The lowest BCUT2D eigenvalue weighted by molar-refractivity contribution is -0.125. The number of nitrogens with zero attached hydrogens (tertiary/aromatic N) is 2. The Hall–Kier alpha value is -1.36. The van der Waals surface area contributed by atoms with Crippen molar-refractivity contribution in [2.24, 2.45) is 13.0 Å². The molecule has 0 atom stereocenters. The summed E-state index contributed by atoms with van der Waals surface area (Å²) in [5, 5.41) is 10.5. The van der Waals surface area contributed by atoms with Crippen molar-refractivity contribution in [1.29, 1.82) is 0 Å². The highest BCUT2D eigenvalue weighted by atomic mass is 16.1. The van der Waals surface area contributed by atoms with Crippen LogP contribution in [0, 0.1) is 5.92 Å². The van der Waals surface area contributed by atoms with Gasteiger partial charge in [-0.25, -0.2) is 0 Å². The number of aryl methyl sites for hydroxylation is 1. The highest BCUT2D eigenvalue weighted by Gasteiger charge is 2.20. The monoisotopic (exact) mass is 236 g/mol. The molecule has 5 heteroatoms. The Morgan fingerprint density at radius 2 is 2.35 bits per heavy atom. The van der Waals surface area contributed by atoms with E-state index in [1.165, 1.54) is 0 Å². The number of rotatable bonds is 4. The van der Waals surface area contributed by atoms with Crippen LogP contribution in [0.5, 0.6) is 0 Å². The molecule has 0 aliphatic carbocycles. The number of carbonyl (C=O) groups excluding carboxylic acids is 1. The Morgan fingerprint density at radius 3 is 3.00 bits per heavy atom. The van der Waals surface area contributed by atoms with Crippen LogP contribution in [0.15, 0.2) is 12.3 Å². The molecule has 0 aromatic carbocycles. The SMILES string of the molecule is Cn1ccc(CCNC(=O)C2CCNCC2)n1. The Morgan fingerprint density at radius 1 is 1.59 bits per heavy atom. The highest BCUT2D eigenvalue weighted by molar-refractivity contribution is 5.78. The lowest BCUT2D eigenvalue weighted by atomic mass is 9.97. The maximum atomic E-state index is 11.8. The van der Waals surface area contributed by atoms with Gasteiger partial charge >= 0.3 is 0 Å². The molecule has 0 saturated carbocycles. The fourth-order valence-electron chi connectivity index (χ4n) is 2.14. The molecule has 5 nitrogen and oxygen atoms in total. The second-order valence-electron chi connectivity index (χ2n) is 4.55. The minimum Gasteiger partial charge on any atom is -0.355 e. The largest absolute Gasteiger partial charge is 0.355 e. The van der Waals surface area contributed by atoms with Crippen molar-refractivity contribution in [3.8, 4) is 0 Å². The molecule has 1 aromatic rings. The van der Waals surface area contributed by atoms with Crippen LogP contribution < -0.4 is 10.6 Å². The number of hydrogen-bond donors (Lipinski definition) is 2. The van der Waals surface area contributed by atoms with E-state index in [1.807, 2.05) is 19.3 Å². The van der Waals surface area contributed by atoms with Gasteiger partial charge in [-0.15, -0.1) is 0 Å². The molecule has 0 radical (unpaired) electrons. The zero-order valence-corrected chi connectivity index (χ0v) is 10.3. The fraction of sp³-hybridized carbons (Fsp3) is 0.667. The van der Waals surface area contributed by atoms with Crippen LogP contribution in [-0.4, -0.2) is 35.3 Å². The summed E-state index contributed by atoms with van der Waals surface area (Å²) in [5.74, 6) is 0.391. The van der Waals surface area contributed by atoms with E-state index in [-0.39, 0.29) is 11.8 Å². The van der Waals surface area contributed by atoms with Crippen LogP contribution in [0.2, 0.25) is 0 Å². The lowest BCUT2D eigenvalue weighted by Gasteiger charge is -2.21. The van der Waals surface area contributed by atoms with E-state index in [0.29, 0.717) is 6.54 Å². The quantitative estimate of drug-likeness (QED) is 0.778. The van der Waals surface area contributed by atoms with Gasteiger partial charge in [0.15, 0.2) is 0 Å². The number of piperidine rings is 1. The third-order valence-corrected chi connectivity index (χ3v) is 3.16. The zero-order valence-electron chi connectivity index (χ0n) is 10.3. The summed E-state index contributed by atoms with van der Waals surface area (Å²) in [4.78, 5) is 11.8. The van der Waals surface area contributed by atoms with Crippen LogP contribution in [0.4, 0.5) is 0 Å². The first-order chi connectivity index (χ1) is 8.25. The molecule has 1 aliphatic rings. The number of nitrogens with one attached hydrogen (secondary N) is 2. The summed E-state index contributed by atoms with van der Waals surface area (Å²) in [7, 11) is 1.90. The molecule has 17 heavy (non-hydrogen) atoms. The van der Waals surface area contributed by atoms with Gasteiger partial charge in [0, 0.05) is 32.1 Å². The molecule has 1 aliphatic heterocycles. The Kier molecular flexibility index (Phi) is 4.14. The van der Waals surface area contributed by atoms with Gasteiger partial charge in [0.2, 0.25) is 5.91 Å². The first-order valence-corrected chi connectivity index (χ1v) is 6.22. The maximum absolute atomic E-state index is 11.8. The first-order valence-electron chi connectivity index (χ1n) is 6.22. The minimum absolute atomic E-state index is 0.194. The summed E-state index contributed by atoms with van der Waals surface area (Å²) in [6, 6.07) is 1.98. The summed E-state index contributed by atoms with van der Waals surface area (Å²) in [6.45, 7) is 2.59. The van der Waals surface area contributed by atoms with Crippen molar-refractivity contribution in [1.82, 2.24) is 20.4 Å². The number of carbonyl (C=O) groups is 1. The molecule has 0 unspecified atom stereocenters. The molecule has 2 rings (SSSR count). The van der Waals surface area contributed by atoms with E-state index < -0.39 is 0 Å². The summed E-state index contributed by atoms with van der Waals surface area (Å²) in [6.07, 6.45) is 4.63. The fourth-order valence-corrected chi connectivity index (χ4v) is 2.14. The van der Waals surface area contributed by atoms with Gasteiger partial charge in [-0.3, -0.25) is 9.48 Å². The van der Waals surface area contributed by atoms with Gasteiger partial charge in [-0.2, -0.15) is 5.10 Å². The van der Waals surface area contributed by atoms with Crippen LogP contribution in [0.25, 0.3) is 0 Å².